The standard InChI is InChI=1S/C19H15N/c1-13-11-18(14-7-3-2-4-8-14)20-19-16-10-6-5-9-15(16)12-17(13)19/h2-11H,12H2,1H3. The molecule has 0 unspecified atom stereocenters. The van der Waals surface area contributed by atoms with Crippen LogP contribution < -0.4 is 0 Å². The molecule has 1 aliphatic rings. The third-order valence-electron chi connectivity index (χ3n) is 4.06. The molecule has 2 aromatic carbocycles. The first kappa shape index (κ1) is 11.4. The number of aromatic nitrogens is 1. The van der Waals surface area contributed by atoms with E-state index in [1.54, 1.807) is 0 Å². The average molecular weight is 257 g/mol. The highest BCUT2D eigenvalue weighted by molar-refractivity contribution is 5.77. The van der Waals surface area contributed by atoms with Crippen molar-refractivity contribution in [2.75, 3.05) is 0 Å². The van der Waals surface area contributed by atoms with Crippen LogP contribution in [0.1, 0.15) is 16.7 Å². The number of hydrogen-bond donors (Lipinski definition) is 0. The molecule has 3 aromatic rings. The van der Waals surface area contributed by atoms with Crippen molar-refractivity contribution in [2.45, 2.75) is 13.3 Å². The monoisotopic (exact) mass is 257 g/mol. The molecule has 1 heterocycles. The van der Waals surface area contributed by atoms with E-state index in [4.69, 9.17) is 4.98 Å². The summed E-state index contributed by atoms with van der Waals surface area (Å²) in [4.78, 5) is 4.93. The van der Waals surface area contributed by atoms with Crippen molar-refractivity contribution in [2.24, 2.45) is 0 Å². The molecule has 0 saturated heterocycles. The molecule has 20 heavy (non-hydrogen) atoms. The van der Waals surface area contributed by atoms with Gasteiger partial charge in [-0.15, -0.1) is 0 Å². The van der Waals surface area contributed by atoms with Crippen LogP contribution >= 0.6 is 0 Å². The fourth-order valence-corrected chi connectivity index (χ4v) is 3.00. The number of benzene rings is 2. The molecule has 0 aliphatic heterocycles. The van der Waals surface area contributed by atoms with Crippen LogP contribution in [0.4, 0.5) is 0 Å². The maximum Gasteiger partial charge on any atom is 0.0750 e. The lowest BCUT2D eigenvalue weighted by molar-refractivity contribution is 1.18. The third-order valence-corrected chi connectivity index (χ3v) is 4.06. The molecule has 0 atom stereocenters. The van der Waals surface area contributed by atoms with Crippen molar-refractivity contribution in [1.29, 1.82) is 0 Å². The SMILES string of the molecule is Cc1cc(-c2ccccc2)nc2c1Cc1ccccc1-2. The Hall–Kier alpha value is -2.41. The second kappa shape index (κ2) is 4.31. The van der Waals surface area contributed by atoms with E-state index >= 15 is 0 Å². The molecule has 0 saturated carbocycles. The Bertz CT molecular complexity index is 788. The highest BCUT2D eigenvalue weighted by atomic mass is 14.7. The van der Waals surface area contributed by atoms with Gasteiger partial charge in [0, 0.05) is 17.5 Å². The smallest absolute Gasteiger partial charge is 0.0750 e. The Balaban J connectivity index is 1.94. The summed E-state index contributed by atoms with van der Waals surface area (Å²) in [6.45, 7) is 2.19. The molecule has 0 N–H and O–H groups in total. The number of fused-ring (bicyclic) bond motifs is 3. The fraction of sp³-hybridized carbons (Fsp3) is 0.105. The Morgan fingerprint density at radius 2 is 1.65 bits per heavy atom. The topological polar surface area (TPSA) is 12.9 Å². The van der Waals surface area contributed by atoms with E-state index in [1.807, 2.05) is 6.07 Å². The minimum absolute atomic E-state index is 1.01. The summed E-state index contributed by atoms with van der Waals surface area (Å²) >= 11 is 0. The summed E-state index contributed by atoms with van der Waals surface area (Å²) in [6.07, 6.45) is 1.01. The molecule has 4 rings (SSSR count). The van der Waals surface area contributed by atoms with Gasteiger partial charge in [0.05, 0.1) is 11.4 Å². The van der Waals surface area contributed by atoms with Crippen molar-refractivity contribution >= 4 is 0 Å². The molecule has 1 aliphatic carbocycles. The average Bonchev–Trinajstić information content (AvgIpc) is 2.88. The largest absolute Gasteiger partial charge is 0.247 e. The van der Waals surface area contributed by atoms with Gasteiger partial charge >= 0.3 is 0 Å². The molecular weight excluding hydrogens is 242 g/mol. The molecule has 0 radical (unpaired) electrons. The van der Waals surface area contributed by atoms with Crippen molar-refractivity contribution < 1.29 is 0 Å². The number of aryl methyl sites for hydroxylation is 1. The summed E-state index contributed by atoms with van der Waals surface area (Å²) in [5, 5.41) is 0. The quantitative estimate of drug-likeness (QED) is 0.484. The first-order chi connectivity index (χ1) is 9.83. The van der Waals surface area contributed by atoms with Crippen LogP contribution in [-0.2, 0) is 6.42 Å². The Labute approximate surface area is 118 Å². The molecule has 0 spiro atoms. The normalized spacial score (nSPS) is 12.1. The van der Waals surface area contributed by atoms with Crippen molar-refractivity contribution in [3.05, 3.63) is 77.4 Å². The first-order valence-electron chi connectivity index (χ1n) is 6.97. The maximum atomic E-state index is 4.93. The van der Waals surface area contributed by atoms with E-state index < -0.39 is 0 Å². The van der Waals surface area contributed by atoms with Crippen LogP contribution in [0, 0.1) is 6.92 Å². The lowest BCUT2D eigenvalue weighted by Crippen LogP contribution is -1.93. The molecule has 1 heteroatoms. The minimum Gasteiger partial charge on any atom is -0.247 e. The van der Waals surface area contributed by atoms with Gasteiger partial charge in [-0.3, -0.25) is 0 Å². The van der Waals surface area contributed by atoms with Gasteiger partial charge in [-0.05, 0) is 29.7 Å². The van der Waals surface area contributed by atoms with Gasteiger partial charge in [-0.1, -0.05) is 54.6 Å². The zero-order chi connectivity index (χ0) is 13.5. The summed E-state index contributed by atoms with van der Waals surface area (Å²) in [5.74, 6) is 0. The van der Waals surface area contributed by atoms with Crippen LogP contribution in [0.2, 0.25) is 0 Å². The molecule has 1 aromatic heterocycles. The summed E-state index contributed by atoms with van der Waals surface area (Å²) in [6, 6.07) is 21.2. The van der Waals surface area contributed by atoms with E-state index in [1.165, 1.54) is 33.5 Å². The Morgan fingerprint density at radius 1 is 0.900 bits per heavy atom. The van der Waals surface area contributed by atoms with E-state index in [2.05, 4.69) is 61.5 Å². The van der Waals surface area contributed by atoms with Crippen LogP contribution in [-0.4, -0.2) is 4.98 Å². The number of rotatable bonds is 1. The summed E-state index contributed by atoms with van der Waals surface area (Å²) in [7, 11) is 0. The third kappa shape index (κ3) is 1.67. The Kier molecular flexibility index (Phi) is 2.46. The summed E-state index contributed by atoms with van der Waals surface area (Å²) < 4.78 is 0. The van der Waals surface area contributed by atoms with Crippen molar-refractivity contribution in [3.63, 3.8) is 0 Å². The Morgan fingerprint density at radius 3 is 2.50 bits per heavy atom. The van der Waals surface area contributed by atoms with Gasteiger partial charge in [0.1, 0.15) is 0 Å². The molecule has 0 fully saturated rings. The van der Waals surface area contributed by atoms with Gasteiger partial charge in [-0.2, -0.15) is 0 Å². The van der Waals surface area contributed by atoms with Gasteiger partial charge in [0.15, 0.2) is 0 Å². The van der Waals surface area contributed by atoms with Gasteiger partial charge in [0.2, 0.25) is 0 Å². The predicted octanol–water partition coefficient (Wildman–Crippen LogP) is 4.63. The second-order valence-electron chi connectivity index (χ2n) is 5.35. The van der Waals surface area contributed by atoms with Crippen LogP contribution in [0.3, 0.4) is 0 Å². The highest BCUT2D eigenvalue weighted by Crippen LogP contribution is 2.38. The maximum absolute atomic E-state index is 4.93. The van der Waals surface area contributed by atoms with E-state index in [-0.39, 0.29) is 0 Å². The van der Waals surface area contributed by atoms with Crippen LogP contribution in [0.25, 0.3) is 22.5 Å². The number of pyridine rings is 1. The first-order valence-corrected chi connectivity index (χ1v) is 6.97. The second-order valence-corrected chi connectivity index (χ2v) is 5.35. The number of nitrogens with zero attached hydrogens (tertiary/aromatic N) is 1. The van der Waals surface area contributed by atoms with E-state index in [0.717, 1.165) is 12.1 Å². The fourth-order valence-electron chi connectivity index (χ4n) is 3.00. The number of hydrogen-bond acceptors (Lipinski definition) is 1. The molecule has 0 amide bonds. The van der Waals surface area contributed by atoms with Crippen molar-refractivity contribution in [1.82, 2.24) is 4.98 Å². The summed E-state index contributed by atoms with van der Waals surface area (Å²) in [5.41, 5.74) is 8.82. The zero-order valence-corrected chi connectivity index (χ0v) is 11.4. The zero-order valence-electron chi connectivity index (χ0n) is 11.4. The van der Waals surface area contributed by atoms with Gasteiger partial charge < -0.3 is 0 Å². The molecule has 96 valence electrons. The highest BCUT2D eigenvalue weighted by Gasteiger charge is 2.21. The molecular formula is C19H15N. The van der Waals surface area contributed by atoms with E-state index in [0.29, 0.717) is 0 Å². The van der Waals surface area contributed by atoms with Gasteiger partial charge in [-0.25, -0.2) is 4.98 Å². The van der Waals surface area contributed by atoms with E-state index in [9.17, 15) is 0 Å². The van der Waals surface area contributed by atoms with Crippen molar-refractivity contribution in [3.8, 4) is 22.5 Å². The van der Waals surface area contributed by atoms with Gasteiger partial charge in [0.25, 0.3) is 0 Å². The predicted molar refractivity (Wildman–Crippen MR) is 82.7 cm³/mol. The lowest BCUT2D eigenvalue weighted by atomic mass is 10.0. The molecule has 1 nitrogen and oxygen atoms in total. The molecule has 0 bridgehead atoms. The van der Waals surface area contributed by atoms with Crippen LogP contribution in [0.15, 0.2) is 60.7 Å². The van der Waals surface area contributed by atoms with Crippen LogP contribution in [0.5, 0.6) is 0 Å². The minimum atomic E-state index is 1.01. The lowest BCUT2D eigenvalue weighted by Gasteiger charge is -2.08.